The van der Waals surface area contributed by atoms with Gasteiger partial charge in [-0.25, -0.2) is 4.39 Å². The van der Waals surface area contributed by atoms with Crippen molar-refractivity contribution in [2.24, 2.45) is 0 Å². The average Bonchev–Trinajstić information content (AvgIpc) is 3.12. The largest absolute Gasteiger partial charge is 0.352 e. The van der Waals surface area contributed by atoms with E-state index in [1.54, 1.807) is 24.3 Å². The van der Waals surface area contributed by atoms with E-state index >= 15 is 0 Å². The molecule has 0 spiro atoms. The summed E-state index contributed by atoms with van der Waals surface area (Å²) in [6.07, 6.45) is 1.32. The van der Waals surface area contributed by atoms with Crippen molar-refractivity contribution in [1.29, 1.82) is 0 Å². The van der Waals surface area contributed by atoms with Gasteiger partial charge in [-0.3, -0.25) is 4.79 Å². The van der Waals surface area contributed by atoms with Gasteiger partial charge in [0.05, 0.1) is 0 Å². The predicted molar refractivity (Wildman–Crippen MR) is 104 cm³/mol. The minimum absolute atomic E-state index is 0.144. The Kier molecular flexibility index (Phi) is 6.58. The van der Waals surface area contributed by atoms with E-state index in [0.717, 1.165) is 10.0 Å². The van der Waals surface area contributed by atoms with Crippen molar-refractivity contribution in [3.63, 3.8) is 0 Å². The summed E-state index contributed by atoms with van der Waals surface area (Å²) in [6.45, 7) is 0.144. The summed E-state index contributed by atoms with van der Waals surface area (Å²) < 4.78 is 19.6. The molecule has 0 aliphatic carbocycles. The fourth-order valence-corrected chi connectivity index (χ4v) is 2.97. The maximum absolute atomic E-state index is 13.7. The highest BCUT2D eigenvalue weighted by atomic mass is 79.9. The zero-order valence-corrected chi connectivity index (χ0v) is 16.6. The van der Waals surface area contributed by atoms with E-state index in [2.05, 4.69) is 31.4 Å². The predicted octanol–water partition coefficient (Wildman–Crippen LogP) is 4.93. The van der Waals surface area contributed by atoms with Crippen LogP contribution < -0.4 is 5.32 Å². The number of hydrogen-bond acceptors (Lipinski definition) is 4. The van der Waals surface area contributed by atoms with Crippen molar-refractivity contribution >= 4 is 33.4 Å². The van der Waals surface area contributed by atoms with Gasteiger partial charge < -0.3 is 9.84 Å². The summed E-state index contributed by atoms with van der Waals surface area (Å²) in [5, 5.41) is 7.28. The lowest BCUT2D eigenvalue weighted by Crippen LogP contribution is -2.23. The van der Waals surface area contributed by atoms with Crippen LogP contribution in [0.25, 0.3) is 11.4 Å². The van der Waals surface area contributed by atoms with E-state index in [1.165, 1.54) is 6.07 Å². The molecule has 3 rings (SSSR count). The molecule has 0 aliphatic rings. The van der Waals surface area contributed by atoms with Crippen molar-refractivity contribution in [1.82, 2.24) is 15.5 Å². The second kappa shape index (κ2) is 9.10. The number of nitrogens with one attached hydrogen (secondary N) is 1. The number of nitrogens with zero attached hydrogens (tertiary/aromatic N) is 2. The fourth-order valence-electron chi connectivity index (χ4n) is 2.43. The van der Waals surface area contributed by atoms with Crippen molar-refractivity contribution in [3.8, 4) is 11.4 Å². The molecule has 0 unspecified atom stereocenters. The molecular weight excluding hydrogens is 437 g/mol. The lowest BCUT2D eigenvalue weighted by atomic mass is 10.2. The number of hydrogen-bond donors (Lipinski definition) is 1. The maximum atomic E-state index is 13.7. The first-order valence-corrected chi connectivity index (χ1v) is 9.47. The number of halogens is 3. The van der Waals surface area contributed by atoms with Crippen LogP contribution in [0.2, 0.25) is 5.02 Å². The highest BCUT2D eigenvalue weighted by molar-refractivity contribution is 9.10. The van der Waals surface area contributed by atoms with Gasteiger partial charge in [-0.05, 0) is 48.9 Å². The minimum Gasteiger partial charge on any atom is -0.352 e. The Balaban J connectivity index is 1.45. The van der Waals surface area contributed by atoms with Crippen LogP contribution in [0.4, 0.5) is 4.39 Å². The van der Waals surface area contributed by atoms with E-state index in [-0.39, 0.29) is 24.7 Å². The Morgan fingerprint density at radius 2 is 2.00 bits per heavy atom. The van der Waals surface area contributed by atoms with E-state index in [9.17, 15) is 9.18 Å². The van der Waals surface area contributed by atoms with Gasteiger partial charge in [-0.2, -0.15) is 4.98 Å². The summed E-state index contributed by atoms with van der Waals surface area (Å²) in [7, 11) is 0. The summed E-state index contributed by atoms with van der Waals surface area (Å²) in [5.41, 5.74) is 1.24. The molecule has 1 heterocycles. The summed E-state index contributed by atoms with van der Waals surface area (Å²) >= 11 is 9.14. The first kappa shape index (κ1) is 19.5. The number of benzene rings is 2. The normalized spacial score (nSPS) is 10.8. The minimum atomic E-state index is -0.348. The van der Waals surface area contributed by atoms with Gasteiger partial charge in [0.15, 0.2) is 0 Å². The van der Waals surface area contributed by atoms with Gasteiger partial charge >= 0.3 is 0 Å². The third-order valence-electron chi connectivity index (χ3n) is 3.85. The van der Waals surface area contributed by atoms with E-state index in [0.29, 0.717) is 35.1 Å². The topological polar surface area (TPSA) is 68.0 Å². The molecular formula is C19H16BrClFN3O2. The van der Waals surface area contributed by atoms with Gasteiger partial charge in [-0.1, -0.05) is 32.7 Å². The maximum Gasteiger partial charge on any atom is 0.226 e. The number of aryl methyl sites for hydroxylation is 1. The molecule has 0 atom stereocenters. The van der Waals surface area contributed by atoms with Crippen LogP contribution in [-0.4, -0.2) is 16.0 Å². The first-order chi connectivity index (χ1) is 13.0. The Morgan fingerprint density at radius 3 is 2.78 bits per heavy atom. The highest BCUT2D eigenvalue weighted by Crippen LogP contribution is 2.19. The summed E-state index contributed by atoms with van der Waals surface area (Å²) in [4.78, 5) is 16.3. The lowest BCUT2D eigenvalue weighted by Gasteiger charge is -2.06. The molecule has 1 N–H and O–H groups in total. The van der Waals surface area contributed by atoms with Crippen LogP contribution in [-0.2, 0) is 17.8 Å². The summed E-state index contributed by atoms with van der Waals surface area (Å²) in [5.74, 6) is 0.438. The van der Waals surface area contributed by atoms with Crippen molar-refractivity contribution in [2.75, 3.05) is 0 Å². The van der Waals surface area contributed by atoms with Gasteiger partial charge in [0.25, 0.3) is 0 Å². The number of carbonyl (C=O) groups is 1. The molecule has 0 radical (unpaired) electrons. The molecule has 0 aliphatic heterocycles. The summed E-state index contributed by atoms with van der Waals surface area (Å²) in [6, 6.07) is 11.8. The highest BCUT2D eigenvalue weighted by Gasteiger charge is 2.10. The molecule has 0 fully saturated rings. The van der Waals surface area contributed by atoms with Crippen molar-refractivity contribution in [2.45, 2.75) is 25.8 Å². The molecule has 1 amide bonds. The lowest BCUT2D eigenvalue weighted by molar-refractivity contribution is -0.121. The number of carbonyl (C=O) groups excluding carboxylic acids is 1. The Bertz CT molecular complexity index is 931. The smallest absolute Gasteiger partial charge is 0.226 e. The number of aromatic nitrogens is 2. The number of rotatable bonds is 7. The van der Waals surface area contributed by atoms with E-state index < -0.39 is 0 Å². The SMILES string of the molecule is O=C(CCCc1nc(-c2ccc(Cl)cc2)no1)NCc1cc(Br)ccc1F. The molecule has 0 saturated carbocycles. The Hall–Kier alpha value is -2.25. The standard InChI is InChI=1S/C19H16BrClFN3O2/c20-14-6-9-16(22)13(10-14)11-23-17(26)2-1-3-18-24-19(25-27-18)12-4-7-15(21)8-5-12/h4-10H,1-3,11H2,(H,23,26). The van der Waals surface area contributed by atoms with Crippen LogP contribution in [0, 0.1) is 5.82 Å². The monoisotopic (exact) mass is 451 g/mol. The van der Waals surface area contributed by atoms with E-state index in [4.69, 9.17) is 16.1 Å². The molecule has 2 aromatic carbocycles. The molecule has 27 heavy (non-hydrogen) atoms. The Labute approximate surface area is 169 Å². The van der Waals surface area contributed by atoms with Crippen molar-refractivity contribution < 1.29 is 13.7 Å². The quantitative estimate of drug-likeness (QED) is 0.552. The zero-order valence-electron chi connectivity index (χ0n) is 14.2. The third kappa shape index (κ3) is 5.61. The molecule has 8 heteroatoms. The van der Waals surface area contributed by atoms with Crippen LogP contribution in [0.3, 0.4) is 0 Å². The van der Waals surface area contributed by atoms with Gasteiger partial charge in [0, 0.05) is 40.0 Å². The zero-order chi connectivity index (χ0) is 19.2. The van der Waals surface area contributed by atoms with Crippen LogP contribution in [0.5, 0.6) is 0 Å². The fraction of sp³-hybridized carbons (Fsp3) is 0.211. The Morgan fingerprint density at radius 1 is 1.22 bits per heavy atom. The van der Waals surface area contributed by atoms with Crippen molar-refractivity contribution in [3.05, 3.63) is 69.2 Å². The first-order valence-electron chi connectivity index (χ1n) is 8.30. The van der Waals surface area contributed by atoms with Crippen LogP contribution in [0.1, 0.15) is 24.3 Å². The third-order valence-corrected chi connectivity index (χ3v) is 4.59. The van der Waals surface area contributed by atoms with Gasteiger partial charge in [0.1, 0.15) is 5.82 Å². The second-order valence-electron chi connectivity index (χ2n) is 5.88. The molecule has 140 valence electrons. The molecule has 1 aromatic heterocycles. The van der Waals surface area contributed by atoms with Crippen LogP contribution >= 0.6 is 27.5 Å². The molecule has 5 nitrogen and oxygen atoms in total. The van der Waals surface area contributed by atoms with Crippen LogP contribution in [0.15, 0.2) is 51.5 Å². The number of amides is 1. The average molecular weight is 453 g/mol. The second-order valence-corrected chi connectivity index (χ2v) is 7.24. The molecule has 3 aromatic rings. The van der Waals surface area contributed by atoms with E-state index in [1.807, 2.05) is 12.1 Å². The molecule has 0 saturated heterocycles. The van der Waals surface area contributed by atoms with Gasteiger partial charge in [0.2, 0.25) is 17.6 Å². The van der Waals surface area contributed by atoms with Gasteiger partial charge in [-0.15, -0.1) is 0 Å². The molecule has 0 bridgehead atoms.